The molecular formula is C20H28F3N3O4S. The third-order valence-corrected chi connectivity index (χ3v) is 6.60. The smallest absolute Gasteiger partial charge is 0.339 e. The van der Waals surface area contributed by atoms with Gasteiger partial charge in [-0.05, 0) is 18.6 Å². The lowest BCUT2D eigenvalue weighted by atomic mass is 10.1. The molecule has 2 rings (SSSR count). The zero-order valence-corrected chi connectivity index (χ0v) is 18.3. The molecule has 0 spiro atoms. The van der Waals surface area contributed by atoms with E-state index >= 15 is 0 Å². The van der Waals surface area contributed by atoms with Gasteiger partial charge in [0.2, 0.25) is 11.8 Å². The number of nitrogens with one attached hydrogen (secondary N) is 1. The lowest BCUT2D eigenvalue weighted by Crippen LogP contribution is -2.51. The van der Waals surface area contributed by atoms with Gasteiger partial charge >= 0.3 is 6.18 Å². The van der Waals surface area contributed by atoms with Gasteiger partial charge in [-0.1, -0.05) is 31.9 Å². The summed E-state index contributed by atoms with van der Waals surface area (Å²) in [4.78, 5) is 27.7. The van der Waals surface area contributed by atoms with E-state index in [9.17, 15) is 31.2 Å². The number of halogens is 3. The van der Waals surface area contributed by atoms with Gasteiger partial charge < -0.3 is 10.2 Å². The van der Waals surface area contributed by atoms with Crippen LogP contribution in [0, 0.1) is 0 Å². The number of sulfone groups is 1. The Balaban J connectivity index is 1.82. The Morgan fingerprint density at radius 3 is 2.32 bits per heavy atom. The fourth-order valence-electron chi connectivity index (χ4n) is 3.31. The van der Waals surface area contributed by atoms with Crippen molar-refractivity contribution in [2.75, 3.05) is 49.5 Å². The van der Waals surface area contributed by atoms with E-state index in [1.165, 1.54) is 23.1 Å². The van der Waals surface area contributed by atoms with Gasteiger partial charge in [-0.25, -0.2) is 8.42 Å². The first-order valence-corrected chi connectivity index (χ1v) is 12.0. The summed E-state index contributed by atoms with van der Waals surface area (Å²) in [7, 11) is -3.45. The molecule has 31 heavy (non-hydrogen) atoms. The normalized spacial score (nSPS) is 15.7. The first-order chi connectivity index (χ1) is 14.5. The Hall–Kier alpha value is -2.14. The molecule has 1 aliphatic heterocycles. The minimum Gasteiger partial charge on any atom is -0.339 e. The number of anilines is 1. The van der Waals surface area contributed by atoms with E-state index in [4.69, 9.17) is 0 Å². The maximum Gasteiger partial charge on any atom is 0.418 e. The second kappa shape index (κ2) is 10.9. The number of alkyl halides is 3. The van der Waals surface area contributed by atoms with Gasteiger partial charge in [0, 0.05) is 26.2 Å². The number of amides is 2. The van der Waals surface area contributed by atoms with E-state index in [-0.39, 0.29) is 31.1 Å². The van der Waals surface area contributed by atoms with Gasteiger partial charge in [0.1, 0.15) is 5.75 Å². The summed E-state index contributed by atoms with van der Waals surface area (Å²) in [6.07, 6.45) is -2.36. The SMILES string of the molecule is CCCCCS(=O)(=O)CC(=O)N1CCN(CC(=O)Nc2ccccc2C(F)(F)F)CC1. The summed E-state index contributed by atoms with van der Waals surface area (Å²) in [5.74, 6) is -1.58. The second-order valence-corrected chi connectivity index (χ2v) is 9.73. The number of carbonyl (C=O) groups is 2. The second-order valence-electron chi connectivity index (χ2n) is 7.55. The van der Waals surface area contributed by atoms with Crippen LogP contribution in [-0.4, -0.2) is 74.3 Å². The molecule has 1 aromatic rings. The fraction of sp³-hybridized carbons (Fsp3) is 0.600. The van der Waals surface area contributed by atoms with Crippen LogP contribution in [0.4, 0.5) is 18.9 Å². The number of carbonyl (C=O) groups excluding carboxylic acids is 2. The van der Waals surface area contributed by atoms with E-state index in [0.29, 0.717) is 19.5 Å². The van der Waals surface area contributed by atoms with Gasteiger partial charge in [0.05, 0.1) is 23.5 Å². The van der Waals surface area contributed by atoms with Crippen molar-refractivity contribution in [3.05, 3.63) is 29.8 Å². The monoisotopic (exact) mass is 463 g/mol. The number of hydrogen-bond donors (Lipinski definition) is 1. The molecule has 0 bridgehead atoms. The van der Waals surface area contributed by atoms with Crippen molar-refractivity contribution in [2.24, 2.45) is 0 Å². The Morgan fingerprint density at radius 2 is 1.71 bits per heavy atom. The fourth-order valence-corrected chi connectivity index (χ4v) is 4.66. The van der Waals surface area contributed by atoms with Gasteiger partial charge in [-0.3, -0.25) is 14.5 Å². The van der Waals surface area contributed by atoms with Crippen molar-refractivity contribution in [1.82, 2.24) is 9.80 Å². The average molecular weight is 464 g/mol. The van der Waals surface area contributed by atoms with Gasteiger partial charge in [-0.15, -0.1) is 0 Å². The average Bonchev–Trinajstić information content (AvgIpc) is 2.67. The zero-order valence-electron chi connectivity index (χ0n) is 17.5. The molecule has 1 heterocycles. The van der Waals surface area contributed by atoms with Crippen LogP contribution in [0.5, 0.6) is 0 Å². The summed E-state index contributed by atoms with van der Waals surface area (Å²) in [5.41, 5.74) is -1.22. The van der Waals surface area contributed by atoms with E-state index in [0.717, 1.165) is 18.9 Å². The molecule has 0 aliphatic carbocycles. The summed E-state index contributed by atoms with van der Waals surface area (Å²) in [6, 6.07) is 4.75. The molecule has 0 aromatic heterocycles. The lowest BCUT2D eigenvalue weighted by Gasteiger charge is -2.34. The molecule has 2 amide bonds. The van der Waals surface area contributed by atoms with Gasteiger partial charge in [-0.2, -0.15) is 13.2 Å². The van der Waals surface area contributed by atoms with Crippen LogP contribution in [0.15, 0.2) is 24.3 Å². The number of unbranched alkanes of at least 4 members (excludes halogenated alkanes) is 2. The Bertz CT molecular complexity index is 867. The van der Waals surface area contributed by atoms with Crippen LogP contribution in [0.2, 0.25) is 0 Å². The molecule has 1 N–H and O–H groups in total. The molecule has 0 radical (unpaired) electrons. The van der Waals surface area contributed by atoms with Crippen LogP contribution in [0.25, 0.3) is 0 Å². The van der Waals surface area contributed by atoms with E-state index in [2.05, 4.69) is 5.32 Å². The number of rotatable bonds is 9. The number of para-hydroxylation sites is 1. The first-order valence-electron chi connectivity index (χ1n) is 10.2. The standard InChI is InChI=1S/C20H28F3N3O4S/c1-2-3-6-13-31(29,30)15-19(28)26-11-9-25(10-12-26)14-18(27)24-17-8-5-4-7-16(17)20(21,22)23/h4-5,7-8H,2-3,6,9-15H2,1H3,(H,24,27). The molecule has 1 aromatic carbocycles. The number of piperazine rings is 1. The van der Waals surface area contributed by atoms with Crippen molar-refractivity contribution in [1.29, 1.82) is 0 Å². The Morgan fingerprint density at radius 1 is 1.06 bits per heavy atom. The van der Waals surface area contributed by atoms with Crippen molar-refractivity contribution < 1.29 is 31.2 Å². The van der Waals surface area contributed by atoms with E-state index in [1.54, 1.807) is 4.90 Å². The highest BCUT2D eigenvalue weighted by Gasteiger charge is 2.33. The highest BCUT2D eigenvalue weighted by atomic mass is 32.2. The summed E-state index contributed by atoms with van der Waals surface area (Å²) in [5, 5.41) is 2.29. The molecular weight excluding hydrogens is 435 g/mol. The van der Waals surface area contributed by atoms with Crippen LogP contribution in [-0.2, 0) is 25.6 Å². The van der Waals surface area contributed by atoms with Gasteiger partial charge in [0.25, 0.3) is 0 Å². The van der Waals surface area contributed by atoms with Crippen molar-refractivity contribution in [3.8, 4) is 0 Å². The topological polar surface area (TPSA) is 86.8 Å². The summed E-state index contributed by atoms with van der Waals surface area (Å²) in [6.45, 7) is 3.02. The molecule has 0 atom stereocenters. The predicted molar refractivity (Wildman–Crippen MR) is 111 cm³/mol. The number of benzene rings is 1. The summed E-state index contributed by atoms with van der Waals surface area (Å²) < 4.78 is 63.2. The molecule has 174 valence electrons. The molecule has 11 heteroatoms. The number of hydrogen-bond acceptors (Lipinski definition) is 5. The van der Waals surface area contributed by atoms with Crippen LogP contribution in [0.3, 0.4) is 0 Å². The molecule has 0 saturated carbocycles. The van der Waals surface area contributed by atoms with Crippen LogP contribution >= 0.6 is 0 Å². The van der Waals surface area contributed by atoms with Crippen molar-refractivity contribution >= 4 is 27.3 Å². The molecule has 1 fully saturated rings. The molecule has 0 unspecified atom stereocenters. The Kier molecular flexibility index (Phi) is 8.87. The minimum atomic E-state index is -4.58. The quantitative estimate of drug-likeness (QED) is 0.569. The molecule has 1 saturated heterocycles. The van der Waals surface area contributed by atoms with Gasteiger partial charge in [0.15, 0.2) is 9.84 Å². The minimum absolute atomic E-state index is 0.00782. The maximum absolute atomic E-state index is 13.0. The largest absolute Gasteiger partial charge is 0.418 e. The van der Waals surface area contributed by atoms with Crippen LogP contribution < -0.4 is 5.32 Å². The number of nitrogens with zero attached hydrogens (tertiary/aromatic N) is 2. The van der Waals surface area contributed by atoms with E-state index < -0.39 is 39.1 Å². The highest BCUT2D eigenvalue weighted by molar-refractivity contribution is 7.92. The molecule has 7 nitrogen and oxygen atoms in total. The van der Waals surface area contributed by atoms with Crippen LogP contribution in [0.1, 0.15) is 31.7 Å². The third kappa shape index (κ3) is 8.13. The third-order valence-electron chi connectivity index (χ3n) is 5.00. The maximum atomic E-state index is 13.0. The lowest BCUT2D eigenvalue weighted by molar-refractivity contribution is -0.137. The molecule has 1 aliphatic rings. The van der Waals surface area contributed by atoms with E-state index in [1.807, 2.05) is 6.92 Å². The Labute approximate surface area is 180 Å². The van der Waals surface area contributed by atoms with Crippen molar-refractivity contribution in [3.63, 3.8) is 0 Å². The predicted octanol–water partition coefficient (Wildman–Crippen LogP) is 2.39. The van der Waals surface area contributed by atoms with Crippen molar-refractivity contribution in [2.45, 2.75) is 32.4 Å². The summed E-state index contributed by atoms with van der Waals surface area (Å²) >= 11 is 0. The highest BCUT2D eigenvalue weighted by Crippen LogP contribution is 2.34. The first kappa shape index (κ1) is 25.1. The zero-order chi connectivity index (χ0) is 23.1.